The largest absolute Gasteiger partial charge is 0.435 e. The van der Waals surface area contributed by atoms with Crippen LogP contribution in [-0.4, -0.2) is 12.5 Å². The first-order valence-electron chi connectivity index (χ1n) is 5.86. The molecule has 0 radical (unpaired) electrons. The number of anilines is 2. The number of carbonyl (C=O) groups excluding carboxylic acids is 1. The Hall–Kier alpha value is -2.15. The normalized spacial score (nSPS) is 10.5. The van der Waals surface area contributed by atoms with Crippen LogP contribution in [0.15, 0.2) is 46.9 Å². The minimum atomic E-state index is -2.92. The van der Waals surface area contributed by atoms with Crippen molar-refractivity contribution < 1.29 is 18.3 Å². The molecule has 3 N–H and O–H groups in total. The van der Waals surface area contributed by atoms with Gasteiger partial charge in [0.05, 0.1) is 0 Å². The van der Waals surface area contributed by atoms with Crippen molar-refractivity contribution in [3.05, 3.63) is 52.5 Å². The maximum Gasteiger partial charge on any atom is 0.387 e. The van der Waals surface area contributed by atoms with Crippen LogP contribution in [0.4, 0.5) is 20.2 Å². The highest BCUT2D eigenvalue weighted by atomic mass is 79.9. The number of nitrogens with one attached hydrogen (secondary N) is 1. The molecule has 21 heavy (non-hydrogen) atoms. The molecule has 0 fully saturated rings. The molecule has 2 rings (SSSR count). The summed E-state index contributed by atoms with van der Waals surface area (Å²) in [5.41, 5.74) is 6.78. The lowest BCUT2D eigenvalue weighted by molar-refractivity contribution is -0.0497. The predicted octanol–water partition coefficient (Wildman–Crippen LogP) is 3.89. The van der Waals surface area contributed by atoms with Crippen LogP contribution in [-0.2, 0) is 0 Å². The Balaban J connectivity index is 2.15. The standard InChI is InChI=1S/C14H11BrF2N2O2/c15-9-4-8(5-10(18)6-9)13(20)19-11-2-1-3-12(7-11)21-14(16)17/h1-7,14H,18H2,(H,19,20). The summed E-state index contributed by atoms with van der Waals surface area (Å²) in [6.07, 6.45) is 0. The van der Waals surface area contributed by atoms with Gasteiger partial charge in [-0.1, -0.05) is 22.0 Å². The zero-order valence-electron chi connectivity index (χ0n) is 10.6. The van der Waals surface area contributed by atoms with Crippen molar-refractivity contribution in [2.24, 2.45) is 0 Å². The van der Waals surface area contributed by atoms with Gasteiger partial charge in [-0.25, -0.2) is 0 Å². The van der Waals surface area contributed by atoms with Gasteiger partial charge in [-0.15, -0.1) is 0 Å². The van der Waals surface area contributed by atoms with Gasteiger partial charge in [0.2, 0.25) is 0 Å². The maximum atomic E-state index is 12.1. The van der Waals surface area contributed by atoms with Crippen molar-refractivity contribution >= 4 is 33.2 Å². The molecule has 0 aromatic heterocycles. The van der Waals surface area contributed by atoms with Crippen LogP contribution in [0.25, 0.3) is 0 Å². The first-order valence-corrected chi connectivity index (χ1v) is 6.65. The van der Waals surface area contributed by atoms with Crippen LogP contribution in [0.2, 0.25) is 0 Å². The fourth-order valence-electron chi connectivity index (χ4n) is 1.70. The predicted molar refractivity (Wildman–Crippen MR) is 79.6 cm³/mol. The van der Waals surface area contributed by atoms with E-state index >= 15 is 0 Å². The smallest absolute Gasteiger partial charge is 0.387 e. The molecule has 110 valence electrons. The number of nitrogen functional groups attached to an aromatic ring is 1. The second-order valence-corrected chi connectivity index (χ2v) is 5.05. The number of halogens is 3. The van der Waals surface area contributed by atoms with Crippen LogP contribution in [0, 0.1) is 0 Å². The molecule has 0 spiro atoms. The molecule has 0 bridgehead atoms. The van der Waals surface area contributed by atoms with E-state index in [0.717, 1.165) is 0 Å². The van der Waals surface area contributed by atoms with Crippen molar-refractivity contribution in [2.45, 2.75) is 6.61 Å². The average molecular weight is 357 g/mol. The minimum absolute atomic E-state index is 0.0310. The van der Waals surface area contributed by atoms with Crippen molar-refractivity contribution in [1.82, 2.24) is 0 Å². The summed E-state index contributed by atoms with van der Waals surface area (Å²) >= 11 is 3.24. The van der Waals surface area contributed by atoms with Gasteiger partial charge in [0.1, 0.15) is 5.75 Å². The zero-order valence-corrected chi connectivity index (χ0v) is 12.2. The Morgan fingerprint density at radius 3 is 2.67 bits per heavy atom. The van der Waals surface area contributed by atoms with Gasteiger partial charge in [0.15, 0.2) is 0 Å². The number of ether oxygens (including phenoxy) is 1. The van der Waals surface area contributed by atoms with E-state index in [1.165, 1.54) is 24.3 Å². The maximum absolute atomic E-state index is 12.1. The van der Waals surface area contributed by atoms with E-state index in [1.54, 1.807) is 18.2 Å². The van der Waals surface area contributed by atoms with Crippen molar-refractivity contribution in [1.29, 1.82) is 0 Å². The number of benzene rings is 2. The molecule has 4 nitrogen and oxygen atoms in total. The number of carbonyl (C=O) groups is 1. The molecule has 2 aromatic rings. The lowest BCUT2D eigenvalue weighted by Gasteiger charge is -2.09. The molecule has 0 aliphatic heterocycles. The second-order valence-electron chi connectivity index (χ2n) is 4.13. The van der Waals surface area contributed by atoms with E-state index in [1.807, 2.05) is 0 Å². The van der Waals surface area contributed by atoms with Gasteiger partial charge in [-0.05, 0) is 30.3 Å². The molecule has 0 atom stereocenters. The fraction of sp³-hybridized carbons (Fsp3) is 0.0714. The van der Waals surface area contributed by atoms with Crippen LogP contribution < -0.4 is 15.8 Å². The number of hydrogen-bond acceptors (Lipinski definition) is 3. The summed E-state index contributed by atoms with van der Waals surface area (Å²) < 4.78 is 29.2. The average Bonchev–Trinajstić information content (AvgIpc) is 2.37. The minimum Gasteiger partial charge on any atom is -0.435 e. The molecule has 0 aliphatic rings. The van der Waals surface area contributed by atoms with Gasteiger partial charge >= 0.3 is 6.61 Å². The van der Waals surface area contributed by atoms with E-state index in [2.05, 4.69) is 26.0 Å². The van der Waals surface area contributed by atoms with E-state index in [9.17, 15) is 13.6 Å². The van der Waals surface area contributed by atoms with Gasteiger partial charge in [-0.3, -0.25) is 4.79 Å². The SMILES string of the molecule is Nc1cc(Br)cc(C(=O)Nc2cccc(OC(F)F)c2)c1. The van der Waals surface area contributed by atoms with Gasteiger partial charge in [0, 0.05) is 27.5 Å². The topological polar surface area (TPSA) is 64.4 Å². The monoisotopic (exact) mass is 356 g/mol. The van der Waals surface area contributed by atoms with E-state index in [0.29, 0.717) is 21.4 Å². The summed E-state index contributed by atoms with van der Waals surface area (Å²) in [5, 5.41) is 2.59. The van der Waals surface area contributed by atoms with E-state index in [4.69, 9.17) is 5.73 Å². The first kappa shape index (κ1) is 15.2. The Kier molecular flexibility index (Phi) is 4.74. The fourth-order valence-corrected chi connectivity index (χ4v) is 2.21. The number of rotatable bonds is 4. The Morgan fingerprint density at radius 1 is 1.24 bits per heavy atom. The molecule has 0 saturated heterocycles. The van der Waals surface area contributed by atoms with Crippen molar-refractivity contribution in [2.75, 3.05) is 11.1 Å². The number of nitrogens with two attached hydrogens (primary N) is 1. The van der Waals surface area contributed by atoms with Gasteiger partial charge in [-0.2, -0.15) is 8.78 Å². The molecular formula is C14H11BrF2N2O2. The zero-order chi connectivity index (χ0) is 15.4. The highest BCUT2D eigenvalue weighted by Gasteiger charge is 2.09. The molecule has 2 aromatic carbocycles. The van der Waals surface area contributed by atoms with Crippen LogP contribution in [0.1, 0.15) is 10.4 Å². The van der Waals surface area contributed by atoms with Crippen molar-refractivity contribution in [3.8, 4) is 5.75 Å². The molecule has 0 aliphatic carbocycles. The quantitative estimate of drug-likeness (QED) is 0.817. The van der Waals surface area contributed by atoms with Gasteiger partial charge < -0.3 is 15.8 Å². The third-order valence-electron chi connectivity index (χ3n) is 2.50. The van der Waals surface area contributed by atoms with Crippen LogP contribution in [0.3, 0.4) is 0 Å². The number of hydrogen-bond donors (Lipinski definition) is 2. The lowest BCUT2D eigenvalue weighted by Crippen LogP contribution is -2.12. The van der Waals surface area contributed by atoms with Crippen LogP contribution in [0.5, 0.6) is 5.75 Å². The van der Waals surface area contributed by atoms with E-state index in [-0.39, 0.29) is 5.75 Å². The highest BCUT2D eigenvalue weighted by molar-refractivity contribution is 9.10. The number of amides is 1. The molecule has 0 saturated carbocycles. The third kappa shape index (κ3) is 4.42. The molecule has 7 heteroatoms. The lowest BCUT2D eigenvalue weighted by atomic mass is 10.2. The van der Waals surface area contributed by atoms with Gasteiger partial charge in [0.25, 0.3) is 5.91 Å². The summed E-state index contributed by atoms with van der Waals surface area (Å²) in [6, 6.07) is 10.5. The van der Waals surface area contributed by atoms with E-state index < -0.39 is 12.5 Å². The van der Waals surface area contributed by atoms with Crippen LogP contribution >= 0.6 is 15.9 Å². The summed E-state index contributed by atoms with van der Waals surface area (Å²) in [5.74, 6) is -0.436. The molecule has 0 unspecified atom stereocenters. The third-order valence-corrected chi connectivity index (χ3v) is 2.96. The Morgan fingerprint density at radius 2 is 2.00 bits per heavy atom. The Labute approximate surface area is 128 Å². The van der Waals surface area contributed by atoms with Crippen molar-refractivity contribution in [3.63, 3.8) is 0 Å². The molecular weight excluding hydrogens is 346 g/mol. The summed E-state index contributed by atoms with van der Waals surface area (Å²) in [7, 11) is 0. The summed E-state index contributed by atoms with van der Waals surface area (Å²) in [6.45, 7) is -2.92. The first-order chi connectivity index (χ1) is 9.94. The molecule has 1 amide bonds. The second kappa shape index (κ2) is 6.53. The Bertz CT molecular complexity index is 645. The number of alkyl halides is 2. The molecule has 0 heterocycles. The highest BCUT2D eigenvalue weighted by Crippen LogP contribution is 2.21. The summed E-state index contributed by atoms with van der Waals surface area (Å²) in [4.78, 5) is 12.1.